The molecule has 2 nitrogen and oxygen atoms in total. The van der Waals surface area contributed by atoms with Gasteiger partial charge in [-0.05, 0) is 37.6 Å². The van der Waals surface area contributed by atoms with Gasteiger partial charge in [0, 0.05) is 6.07 Å². The predicted octanol–water partition coefficient (Wildman–Crippen LogP) is 4.91. The number of fused-ring (bicyclic) bond motifs is 1. The van der Waals surface area contributed by atoms with Crippen LogP contribution in [0.3, 0.4) is 0 Å². The number of rotatable bonds is 2. The summed E-state index contributed by atoms with van der Waals surface area (Å²) in [6.45, 7) is 3.71. The SMILES string of the molecule is Cc1cccc2nc(C(C)Cl)n(-c3cc(F)cc(F)c3)c12. The molecule has 21 heavy (non-hydrogen) atoms. The fourth-order valence-electron chi connectivity index (χ4n) is 2.51. The van der Waals surface area contributed by atoms with Crippen molar-refractivity contribution in [2.45, 2.75) is 19.2 Å². The maximum Gasteiger partial charge on any atom is 0.132 e. The van der Waals surface area contributed by atoms with E-state index in [-0.39, 0.29) is 5.38 Å². The molecule has 3 aromatic rings. The minimum absolute atomic E-state index is 0.381. The lowest BCUT2D eigenvalue weighted by Gasteiger charge is -2.12. The van der Waals surface area contributed by atoms with Crippen molar-refractivity contribution in [2.75, 3.05) is 0 Å². The van der Waals surface area contributed by atoms with Crippen LogP contribution in [0.5, 0.6) is 0 Å². The van der Waals surface area contributed by atoms with Crippen molar-refractivity contribution in [3.05, 3.63) is 59.4 Å². The van der Waals surface area contributed by atoms with Crippen LogP contribution in [0.4, 0.5) is 8.78 Å². The van der Waals surface area contributed by atoms with E-state index in [9.17, 15) is 8.78 Å². The summed E-state index contributed by atoms with van der Waals surface area (Å²) in [5.41, 5.74) is 2.91. The predicted molar refractivity (Wildman–Crippen MR) is 80.0 cm³/mol. The van der Waals surface area contributed by atoms with Gasteiger partial charge in [0.25, 0.3) is 0 Å². The van der Waals surface area contributed by atoms with E-state index in [0.29, 0.717) is 11.5 Å². The molecular formula is C16H13ClF2N2. The molecule has 5 heteroatoms. The second-order valence-corrected chi connectivity index (χ2v) is 5.65. The number of halogens is 3. The van der Waals surface area contributed by atoms with Crippen molar-refractivity contribution in [3.63, 3.8) is 0 Å². The van der Waals surface area contributed by atoms with Gasteiger partial charge >= 0.3 is 0 Å². The zero-order chi connectivity index (χ0) is 15.1. The van der Waals surface area contributed by atoms with Gasteiger partial charge in [0.1, 0.15) is 17.5 Å². The fourth-order valence-corrected chi connectivity index (χ4v) is 2.66. The molecular weight excluding hydrogens is 294 g/mol. The number of hydrogen-bond acceptors (Lipinski definition) is 1. The molecule has 2 aromatic carbocycles. The van der Waals surface area contributed by atoms with Crippen LogP contribution in [0.25, 0.3) is 16.7 Å². The Hall–Kier alpha value is -1.94. The molecule has 0 aliphatic carbocycles. The van der Waals surface area contributed by atoms with Crippen molar-refractivity contribution < 1.29 is 8.78 Å². The molecule has 0 fully saturated rings. The lowest BCUT2D eigenvalue weighted by Crippen LogP contribution is -2.03. The summed E-state index contributed by atoms with van der Waals surface area (Å²) in [6, 6.07) is 9.08. The van der Waals surface area contributed by atoms with Gasteiger partial charge in [-0.3, -0.25) is 4.57 Å². The number of imidazole rings is 1. The molecule has 0 N–H and O–H groups in total. The first-order valence-corrected chi connectivity index (χ1v) is 6.99. The number of alkyl halides is 1. The van der Waals surface area contributed by atoms with Crippen LogP contribution in [0, 0.1) is 18.6 Å². The molecule has 0 aliphatic heterocycles. The summed E-state index contributed by atoms with van der Waals surface area (Å²) in [5, 5.41) is -0.386. The second kappa shape index (κ2) is 5.11. The first kappa shape index (κ1) is 14.0. The first-order valence-electron chi connectivity index (χ1n) is 6.56. The summed E-state index contributed by atoms with van der Waals surface area (Å²) < 4.78 is 28.8. The summed E-state index contributed by atoms with van der Waals surface area (Å²) >= 11 is 6.19. The third-order valence-electron chi connectivity index (χ3n) is 3.37. The van der Waals surface area contributed by atoms with E-state index in [0.717, 1.165) is 22.7 Å². The van der Waals surface area contributed by atoms with Crippen molar-refractivity contribution in [1.29, 1.82) is 0 Å². The van der Waals surface area contributed by atoms with Crippen molar-refractivity contribution >= 4 is 22.6 Å². The van der Waals surface area contributed by atoms with Crippen LogP contribution in [-0.2, 0) is 0 Å². The highest BCUT2D eigenvalue weighted by Gasteiger charge is 2.18. The smallest absolute Gasteiger partial charge is 0.132 e. The maximum absolute atomic E-state index is 13.5. The Balaban J connectivity index is 2.41. The topological polar surface area (TPSA) is 17.8 Å². The molecule has 0 radical (unpaired) electrons. The second-order valence-electron chi connectivity index (χ2n) is 4.99. The van der Waals surface area contributed by atoms with Gasteiger partial charge in [-0.25, -0.2) is 13.8 Å². The van der Waals surface area contributed by atoms with E-state index in [2.05, 4.69) is 4.98 Å². The van der Waals surface area contributed by atoms with Crippen LogP contribution in [0.15, 0.2) is 36.4 Å². The van der Waals surface area contributed by atoms with Gasteiger partial charge in [0.15, 0.2) is 0 Å². The van der Waals surface area contributed by atoms with Gasteiger partial charge in [-0.15, -0.1) is 11.6 Å². The minimum atomic E-state index is -0.631. The Labute approximate surface area is 126 Å². The molecule has 0 bridgehead atoms. The zero-order valence-electron chi connectivity index (χ0n) is 11.6. The van der Waals surface area contributed by atoms with Crippen molar-refractivity contribution in [2.24, 2.45) is 0 Å². The van der Waals surface area contributed by atoms with Gasteiger partial charge in [0.2, 0.25) is 0 Å². The van der Waals surface area contributed by atoms with E-state index in [1.165, 1.54) is 12.1 Å². The van der Waals surface area contributed by atoms with Gasteiger partial charge in [-0.2, -0.15) is 0 Å². The standard InChI is InChI=1S/C16H13ClF2N2/c1-9-4-3-5-14-15(9)21(16(20-14)10(2)17)13-7-11(18)6-12(19)8-13/h3-8,10H,1-2H3. The van der Waals surface area contributed by atoms with Gasteiger partial charge in [-0.1, -0.05) is 12.1 Å². The van der Waals surface area contributed by atoms with Crippen molar-refractivity contribution in [3.8, 4) is 5.69 Å². The molecule has 0 saturated carbocycles. The maximum atomic E-state index is 13.5. The lowest BCUT2D eigenvalue weighted by molar-refractivity contribution is 0.581. The van der Waals surface area contributed by atoms with Crippen LogP contribution < -0.4 is 0 Å². The zero-order valence-corrected chi connectivity index (χ0v) is 12.3. The monoisotopic (exact) mass is 306 g/mol. The Morgan fingerprint density at radius 3 is 2.43 bits per heavy atom. The highest BCUT2D eigenvalue weighted by molar-refractivity contribution is 6.20. The van der Waals surface area contributed by atoms with Crippen LogP contribution in [-0.4, -0.2) is 9.55 Å². The highest BCUT2D eigenvalue weighted by Crippen LogP contribution is 2.30. The fraction of sp³-hybridized carbons (Fsp3) is 0.188. The molecule has 0 amide bonds. The van der Waals surface area contributed by atoms with Crippen LogP contribution in [0.1, 0.15) is 23.7 Å². The number of benzene rings is 2. The number of nitrogens with zero attached hydrogens (tertiary/aromatic N) is 2. The Kier molecular flexibility index (Phi) is 3.41. The van der Waals surface area contributed by atoms with Crippen LogP contribution in [0.2, 0.25) is 0 Å². The summed E-state index contributed by atoms with van der Waals surface area (Å²) in [4.78, 5) is 4.49. The average Bonchev–Trinajstić information content (AvgIpc) is 2.78. The van der Waals surface area contributed by atoms with E-state index in [1.54, 1.807) is 11.5 Å². The van der Waals surface area contributed by atoms with Gasteiger partial charge < -0.3 is 0 Å². The highest BCUT2D eigenvalue weighted by atomic mass is 35.5. The number of para-hydroxylation sites is 1. The third kappa shape index (κ3) is 2.40. The van der Waals surface area contributed by atoms with Crippen molar-refractivity contribution in [1.82, 2.24) is 9.55 Å². The lowest BCUT2D eigenvalue weighted by atomic mass is 10.2. The molecule has 1 atom stereocenters. The molecule has 0 saturated heterocycles. The first-order chi connectivity index (χ1) is 9.97. The van der Waals surface area contributed by atoms with E-state index in [1.807, 2.05) is 25.1 Å². The van der Waals surface area contributed by atoms with E-state index >= 15 is 0 Å². The minimum Gasteiger partial charge on any atom is -0.295 e. The normalized spacial score (nSPS) is 12.8. The Bertz CT molecular complexity index is 804. The summed E-state index contributed by atoms with van der Waals surface area (Å²) in [6.07, 6.45) is 0. The summed E-state index contributed by atoms with van der Waals surface area (Å²) in [7, 11) is 0. The number of hydrogen-bond donors (Lipinski definition) is 0. The molecule has 1 unspecified atom stereocenters. The molecule has 108 valence electrons. The Morgan fingerprint density at radius 2 is 1.81 bits per heavy atom. The number of aryl methyl sites for hydroxylation is 1. The molecule has 0 aliphatic rings. The summed E-state index contributed by atoms with van der Waals surface area (Å²) in [5.74, 6) is -0.701. The van der Waals surface area contributed by atoms with E-state index < -0.39 is 11.6 Å². The van der Waals surface area contributed by atoms with Crippen LogP contribution >= 0.6 is 11.6 Å². The van der Waals surface area contributed by atoms with E-state index in [4.69, 9.17) is 11.6 Å². The molecule has 3 rings (SSSR count). The molecule has 0 spiro atoms. The quantitative estimate of drug-likeness (QED) is 0.615. The average molecular weight is 307 g/mol. The molecule has 1 heterocycles. The third-order valence-corrected chi connectivity index (χ3v) is 3.56. The number of aromatic nitrogens is 2. The van der Waals surface area contributed by atoms with Gasteiger partial charge in [0.05, 0.1) is 22.1 Å². The Morgan fingerprint density at radius 1 is 1.14 bits per heavy atom. The largest absolute Gasteiger partial charge is 0.295 e. The molecule has 1 aromatic heterocycles.